The lowest BCUT2D eigenvalue weighted by Gasteiger charge is -2.24. The van der Waals surface area contributed by atoms with Gasteiger partial charge in [-0.25, -0.2) is 0 Å². The zero-order valence-corrected chi connectivity index (χ0v) is 11.3. The summed E-state index contributed by atoms with van der Waals surface area (Å²) in [4.78, 5) is 11.1. The van der Waals surface area contributed by atoms with Crippen molar-refractivity contribution in [2.75, 3.05) is 13.7 Å². The van der Waals surface area contributed by atoms with Gasteiger partial charge in [0.1, 0.15) is 11.3 Å². The van der Waals surface area contributed by atoms with E-state index in [0.717, 1.165) is 5.56 Å². The molecule has 0 aliphatic heterocycles. The zero-order valence-electron chi connectivity index (χ0n) is 11.3. The molecule has 1 aromatic rings. The molecule has 0 saturated heterocycles. The van der Waals surface area contributed by atoms with Crippen LogP contribution in [0.2, 0.25) is 0 Å². The number of likely N-dealkylation sites (N-methyl/N-ethyl adjacent to an activating group) is 1. The van der Waals surface area contributed by atoms with E-state index in [0.29, 0.717) is 25.2 Å². The number of aliphatic carboxylic acids is 1. The van der Waals surface area contributed by atoms with Crippen LogP contribution in [0, 0.1) is 0 Å². The van der Waals surface area contributed by atoms with Crippen molar-refractivity contribution < 1.29 is 19.7 Å². The molecule has 0 aliphatic rings. The number of ether oxygens (including phenoxy) is 1. The maximum absolute atomic E-state index is 11.1. The largest absolute Gasteiger partial charge is 0.493 e. The molecule has 0 fully saturated rings. The molecule has 0 aliphatic carbocycles. The summed E-state index contributed by atoms with van der Waals surface area (Å²) in [6.45, 7) is 2.00. The molecular formula is C14H21NO4. The fourth-order valence-corrected chi connectivity index (χ4v) is 1.72. The lowest BCUT2D eigenvalue weighted by Crippen LogP contribution is -2.47. The van der Waals surface area contributed by atoms with Gasteiger partial charge in [0.25, 0.3) is 0 Å². The maximum atomic E-state index is 11.1. The van der Waals surface area contributed by atoms with Crippen LogP contribution in [0.15, 0.2) is 24.3 Å². The van der Waals surface area contributed by atoms with Gasteiger partial charge in [-0.05, 0) is 32.9 Å². The summed E-state index contributed by atoms with van der Waals surface area (Å²) in [5.74, 6) is -0.225. The normalized spacial score (nSPS) is 13.8. The number of nitrogens with one attached hydrogen (secondary N) is 1. The summed E-state index contributed by atoms with van der Waals surface area (Å²) >= 11 is 0. The van der Waals surface area contributed by atoms with Gasteiger partial charge >= 0.3 is 5.97 Å². The van der Waals surface area contributed by atoms with Crippen molar-refractivity contribution in [3.8, 4) is 5.75 Å². The number of hydrogen-bond donors (Lipinski definition) is 3. The first-order chi connectivity index (χ1) is 9.03. The van der Waals surface area contributed by atoms with Gasteiger partial charge in [0.15, 0.2) is 0 Å². The summed E-state index contributed by atoms with van der Waals surface area (Å²) < 4.78 is 5.57. The Hall–Kier alpha value is -1.59. The SMILES string of the molecule is CNC(C)(CCCOc1ccccc1CO)C(=O)O. The molecule has 5 nitrogen and oxygen atoms in total. The molecule has 1 unspecified atom stereocenters. The van der Waals surface area contributed by atoms with E-state index >= 15 is 0 Å². The Kier molecular flexibility index (Phi) is 5.79. The van der Waals surface area contributed by atoms with Gasteiger partial charge in [0, 0.05) is 5.56 Å². The highest BCUT2D eigenvalue weighted by atomic mass is 16.5. The van der Waals surface area contributed by atoms with Crippen LogP contribution in [0.1, 0.15) is 25.3 Å². The van der Waals surface area contributed by atoms with Crippen molar-refractivity contribution in [1.82, 2.24) is 5.32 Å². The second-order valence-corrected chi connectivity index (χ2v) is 4.61. The number of carboxylic acid groups (broad SMARTS) is 1. The predicted octanol–water partition coefficient (Wildman–Crippen LogP) is 1.40. The third-order valence-corrected chi connectivity index (χ3v) is 3.25. The summed E-state index contributed by atoms with van der Waals surface area (Å²) in [7, 11) is 1.63. The van der Waals surface area contributed by atoms with Crippen molar-refractivity contribution in [3.05, 3.63) is 29.8 Å². The summed E-state index contributed by atoms with van der Waals surface area (Å²) in [6, 6.07) is 7.26. The smallest absolute Gasteiger partial charge is 0.323 e. The van der Waals surface area contributed by atoms with Crippen LogP contribution in [-0.4, -0.2) is 35.4 Å². The number of para-hydroxylation sites is 1. The molecule has 1 atom stereocenters. The quantitative estimate of drug-likeness (QED) is 0.620. The van der Waals surface area contributed by atoms with E-state index in [-0.39, 0.29) is 6.61 Å². The highest BCUT2D eigenvalue weighted by molar-refractivity contribution is 5.78. The molecule has 0 radical (unpaired) electrons. The Morgan fingerprint density at radius 1 is 1.42 bits per heavy atom. The minimum absolute atomic E-state index is 0.0699. The van der Waals surface area contributed by atoms with Crippen LogP contribution in [0.25, 0.3) is 0 Å². The van der Waals surface area contributed by atoms with Crippen molar-refractivity contribution in [2.45, 2.75) is 31.9 Å². The summed E-state index contributed by atoms with van der Waals surface area (Å²) in [5.41, 5.74) is -0.197. The topological polar surface area (TPSA) is 78.8 Å². The van der Waals surface area contributed by atoms with E-state index in [1.807, 2.05) is 12.1 Å². The standard InChI is InChI=1S/C14H21NO4/c1-14(15-2,13(17)18)8-5-9-19-12-7-4-3-6-11(12)10-16/h3-4,6-7,15-16H,5,8-10H2,1-2H3,(H,17,18). The first kappa shape index (κ1) is 15.5. The number of aliphatic hydroxyl groups excluding tert-OH is 1. The first-order valence-corrected chi connectivity index (χ1v) is 6.27. The van der Waals surface area contributed by atoms with Crippen LogP contribution in [0.4, 0.5) is 0 Å². The highest BCUT2D eigenvalue weighted by Gasteiger charge is 2.30. The van der Waals surface area contributed by atoms with Crippen molar-refractivity contribution in [2.24, 2.45) is 0 Å². The lowest BCUT2D eigenvalue weighted by molar-refractivity contribution is -0.144. The molecule has 106 valence electrons. The number of rotatable bonds is 8. The van der Waals surface area contributed by atoms with Gasteiger partial charge in [-0.1, -0.05) is 18.2 Å². The molecule has 1 aromatic carbocycles. The van der Waals surface area contributed by atoms with Crippen molar-refractivity contribution in [3.63, 3.8) is 0 Å². The van der Waals surface area contributed by atoms with Crippen LogP contribution in [-0.2, 0) is 11.4 Å². The first-order valence-electron chi connectivity index (χ1n) is 6.27. The Morgan fingerprint density at radius 2 is 2.11 bits per heavy atom. The Labute approximate surface area is 113 Å². The number of carbonyl (C=O) groups is 1. The number of hydrogen-bond acceptors (Lipinski definition) is 4. The Balaban J connectivity index is 2.45. The number of carboxylic acids is 1. The Morgan fingerprint density at radius 3 is 2.68 bits per heavy atom. The molecule has 1 rings (SSSR count). The molecule has 0 saturated carbocycles. The molecular weight excluding hydrogens is 246 g/mol. The third kappa shape index (κ3) is 4.22. The van der Waals surface area contributed by atoms with Gasteiger partial charge in [-0.15, -0.1) is 0 Å². The van der Waals surface area contributed by atoms with Gasteiger partial charge in [0.2, 0.25) is 0 Å². The van der Waals surface area contributed by atoms with Crippen LogP contribution in [0.5, 0.6) is 5.75 Å². The monoisotopic (exact) mass is 267 g/mol. The minimum Gasteiger partial charge on any atom is -0.493 e. The Bertz CT molecular complexity index is 422. The summed E-state index contributed by atoms with van der Waals surface area (Å²) in [5, 5.41) is 21.0. The van der Waals surface area contributed by atoms with Crippen LogP contribution >= 0.6 is 0 Å². The average Bonchev–Trinajstić information content (AvgIpc) is 2.43. The third-order valence-electron chi connectivity index (χ3n) is 3.25. The van der Waals surface area contributed by atoms with E-state index in [1.54, 1.807) is 26.1 Å². The van der Waals surface area contributed by atoms with Gasteiger partial charge in [0.05, 0.1) is 13.2 Å². The molecule has 3 N–H and O–H groups in total. The van der Waals surface area contributed by atoms with E-state index in [9.17, 15) is 4.79 Å². The molecule has 0 bridgehead atoms. The fraction of sp³-hybridized carbons (Fsp3) is 0.500. The van der Waals surface area contributed by atoms with E-state index < -0.39 is 11.5 Å². The van der Waals surface area contributed by atoms with Gasteiger partial charge in [-0.2, -0.15) is 0 Å². The lowest BCUT2D eigenvalue weighted by atomic mass is 9.96. The molecule has 0 spiro atoms. The van der Waals surface area contributed by atoms with Crippen LogP contribution < -0.4 is 10.1 Å². The van der Waals surface area contributed by atoms with E-state index in [2.05, 4.69) is 5.32 Å². The number of benzene rings is 1. The molecule has 0 amide bonds. The van der Waals surface area contributed by atoms with Gasteiger partial charge in [-0.3, -0.25) is 4.79 Å². The van der Waals surface area contributed by atoms with E-state index in [1.165, 1.54) is 0 Å². The fourth-order valence-electron chi connectivity index (χ4n) is 1.72. The molecule has 5 heteroatoms. The van der Waals surface area contributed by atoms with Crippen LogP contribution in [0.3, 0.4) is 0 Å². The molecule has 19 heavy (non-hydrogen) atoms. The van der Waals surface area contributed by atoms with Gasteiger partial charge < -0.3 is 20.3 Å². The highest BCUT2D eigenvalue weighted by Crippen LogP contribution is 2.19. The summed E-state index contributed by atoms with van der Waals surface area (Å²) in [6.07, 6.45) is 1.09. The molecule has 0 aromatic heterocycles. The minimum atomic E-state index is -0.931. The maximum Gasteiger partial charge on any atom is 0.323 e. The predicted molar refractivity (Wildman–Crippen MR) is 72.2 cm³/mol. The second-order valence-electron chi connectivity index (χ2n) is 4.61. The van der Waals surface area contributed by atoms with Crippen molar-refractivity contribution in [1.29, 1.82) is 0 Å². The van der Waals surface area contributed by atoms with Crippen molar-refractivity contribution >= 4 is 5.97 Å². The molecule has 0 heterocycles. The average molecular weight is 267 g/mol. The van der Waals surface area contributed by atoms with E-state index in [4.69, 9.17) is 14.9 Å². The zero-order chi connectivity index (χ0) is 14.3. The second kappa shape index (κ2) is 7.11. The number of aliphatic hydroxyl groups is 1.